The maximum Gasteiger partial charge on any atom is 0.0289 e. The minimum atomic E-state index is 0.825. The van der Waals surface area contributed by atoms with E-state index in [1.165, 1.54) is 19.3 Å². The topological polar surface area (TPSA) is 0 Å². The fraction of sp³-hybridized carbons (Fsp3) is 0.667. The first-order chi connectivity index (χ1) is 3.39. The molecule has 1 rings (SSSR count). The molecule has 0 nitrogen and oxygen atoms in total. The van der Waals surface area contributed by atoms with Crippen LogP contribution < -0.4 is 0 Å². The van der Waals surface area contributed by atoms with E-state index in [-0.39, 0.29) is 0 Å². The normalized spacial score (nSPS) is 30.7. The molecule has 0 spiro atoms. The SMILES string of the molecule is IC1C=CCCC1. The van der Waals surface area contributed by atoms with Gasteiger partial charge in [-0.05, 0) is 19.3 Å². The molecule has 0 aromatic heterocycles. The second kappa shape index (κ2) is 2.70. The number of halogens is 1. The Labute approximate surface area is 58.1 Å². The van der Waals surface area contributed by atoms with Gasteiger partial charge in [-0.3, -0.25) is 0 Å². The largest absolute Gasteiger partial charge is 0.0875 e. The van der Waals surface area contributed by atoms with Crippen LogP contribution in [-0.4, -0.2) is 3.92 Å². The quantitative estimate of drug-likeness (QED) is 0.326. The number of alkyl halides is 1. The first-order valence-electron chi connectivity index (χ1n) is 2.70. The second-order valence-corrected chi connectivity index (χ2v) is 3.48. The van der Waals surface area contributed by atoms with Gasteiger partial charge in [-0.15, -0.1) is 0 Å². The highest BCUT2D eigenvalue weighted by Crippen LogP contribution is 2.16. The fourth-order valence-corrected chi connectivity index (χ4v) is 1.50. The molecule has 0 saturated heterocycles. The maximum absolute atomic E-state index is 2.47. The molecule has 0 aromatic rings. The summed E-state index contributed by atoms with van der Waals surface area (Å²) in [6.45, 7) is 0. The summed E-state index contributed by atoms with van der Waals surface area (Å²) in [5.74, 6) is 0. The van der Waals surface area contributed by atoms with Crippen molar-refractivity contribution in [2.45, 2.75) is 23.2 Å². The summed E-state index contributed by atoms with van der Waals surface area (Å²) >= 11 is 2.47. The lowest BCUT2D eigenvalue weighted by atomic mass is 10.1. The predicted molar refractivity (Wildman–Crippen MR) is 40.8 cm³/mol. The highest BCUT2D eigenvalue weighted by Gasteiger charge is 2.00. The summed E-state index contributed by atoms with van der Waals surface area (Å²) < 4.78 is 0.825. The third-order valence-electron chi connectivity index (χ3n) is 1.20. The van der Waals surface area contributed by atoms with Crippen molar-refractivity contribution < 1.29 is 0 Å². The van der Waals surface area contributed by atoms with Crippen LogP contribution in [0.5, 0.6) is 0 Å². The van der Waals surface area contributed by atoms with Crippen LogP contribution >= 0.6 is 22.6 Å². The van der Waals surface area contributed by atoms with Gasteiger partial charge in [0.15, 0.2) is 0 Å². The summed E-state index contributed by atoms with van der Waals surface area (Å²) in [5.41, 5.74) is 0. The van der Waals surface area contributed by atoms with Gasteiger partial charge in [0.25, 0.3) is 0 Å². The molecule has 1 unspecified atom stereocenters. The van der Waals surface area contributed by atoms with Crippen LogP contribution in [0.3, 0.4) is 0 Å². The van der Waals surface area contributed by atoms with E-state index in [1.807, 2.05) is 0 Å². The van der Waals surface area contributed by atoms with Gasteiger partial charge < -0.3 is 0 Å². The summed E-state index contributed by atoms with van der Waals surface area (Å²) in [5, 5.41) is 0. The number of hydrogen-bond acceptors (Lipinski definition) is 0. The average Bonchev–Trinajstić information content (AvgIpc) is 1.69. The number of allylic oxidation sites excluding steroid dienone is 2. The third-order valence-corrected chi connectivity index (χ3v) is 2.23. The monoisotopic (exact) mass is 208 g/mol. The summed E-state index contributed by atoms with van der Waals surface area (Å²) in [4.78, 5) is 0. The molecule has 0 radical (unpaired) electrons. The van der Waals surface area contributed by atoms with Gasteiger partial charge >= 0.3 is 0 Å². The van der Waals surface area contributed by atoms with Crippen LogP contribution in [0.2, 0.25) is 0 Å². The Balaban J connectivity index is 2.36. The van der Waals surface area contributed by atoms with Crippen LogP contribution in [0.25, 0.3) is 0 Å². The molecule has 7 heavy (non-hydrogen) atoms. The minimum absolute atomic E-state index is 0.825. The lowest BCUT2D eigenvalue weighted by molar-refractivity contribution is 0.754. The molecule has 0 N–H and O–H groups in total. The van der Waals surface area contributed by atoms with E-state index >= 15 is 0 Å². The summed E-state index contributed by atoms with van der Waals surface area (Å²) in [6.07, 6.45) is 8.66. The van der Waals surface area contributed by atoms with Crippen molar-refractivity contribution in [3.8, 4) is 0 Å². The molecule has 0 aliphatic heterocycles. The zero-order valence-electron chi connectivity index (χ0n) is 4.23. The highest BCUT2D eigenvalue weighted by molar-refractivity contribution is 14.1. The third kappa shape index (κ3) is 1.80. The van der Waals surface area contributed by atoms with E-state index in [1.54, 1.807) is 0 Å². The van der Waals surface area contributed by atoms with Gasteiger partial charge in [0, 0.05) is 3.92 Å². The Morgan fingerprint density at radius 2 is 2.43 bits per heavy atom. The van der Waals surface area contributed by atoms with Crippen molar-refractivity contribution in [2.75, 3.05) is 0 Å². The van der Waals surface area contributed by atoms with E-state index in [4.69, 9.17) is 0 Å². The molecular formula is C6H9I. The van der Waals surface area contributed by atoms with E-state index < -0.39 is 0 Å². The lowest BCUT2D eigenvalue weighted by Gasteiger charge is -2.06. The zero-order chi connectivity index (χ0) is 5.11. The number of rotatable bonds is 0. The van der Waals surface area contributed by atoms with Crippen LogP contribution in [0.1, 0.15) is 19.3 Å². The Morgan fingerprint density at radius 1 is 1.57 bits per heavy atom. The predicted octanol–water partition coefficient (Wildman–Crippen LogP) is 2.53. The summed E-state index contributed by atoms with van der Waals surface area (Å²) in [7, 11) is 0. The van der Waals surface area contributed by atoms with Crippen LogP contribution in [0.4, 0.5) is 0 Å². The van der Waals surface area contributed by atoms with Crippen molar-refractivity contribution in [2.24, 2.45) is 0 Å². The van der Waals surface area contributed by atoms with Gasteiger partial charge in [0.05, 0.1) is 0 Å². The minimum Gasteiger partial charge on any atom is -0.0875 e. The molecule has 0 fully saturated rings. The maximum atomic E-state index is 2.47. The van der Waals surface area contributed by atoms with Gasteiger partial charge in [-0.25, -0.2) is 0 Å². The second-order valence-electron chi connectivity index (χ2n) is 1.88. The molecule has 0 bridgehead atoms. The van der Waals surface area contributed by atoms with E-state index in [0.29, 0.717) is 0 Å². The lowest BCUT2D eigenvalue weighted by Crippen LogP contribution is -1.95. The number of hydrogen-bond donors (Lipinski definition) is 0. The molecule has 0 heterocycles. The molecule has 0 aromatic carbocycles. The first kappa shape index (κ1) is 5.60. The van der Waals surface area contributed by atoms with Crippen LogP contribution in [-0.2, 0) is 0 Å². The van der Waals surface area contributed by atoms with E-state index in [2.05, 4.69) is 34.7 Å². The Hall–Kier alpha value is 0.470. The average molecular weight is 208 g/mol. The molecule has 40 valence electrons. The van der Waals surface area contributed by atoms with Gasteiger partial charge in [0.1, 0.15) is 0 Å². The smallest absolute Gasteiger partial charge is 0.0289 e. The fourth-order valence-electron chi connectivity index (χ4n) is 0.771. The molecule has 1 aliphatic rings. The Bertz CT molecular complexity index is 76.2. The van der Waals surface area contributed by atoms with Crippen LogP contribution in [0, 0.1) is 0 Å². The van der Waals surface area contributed by atoms with Gasteiger partial charge in [0.2, 0.25) is 0 Å². The van der Waals surface area contributed by atoms with E-state index in [0.717, 1.165) is 3.92 Å². The molecule has 1 aliphatic carbocycles. The van der Waals surface area contributed by atoms with Gasteiger partial charge in [-0.2, -0.15) is 0 Å². The standard InChI is InChI=1S/C6H9I/c7-6-4-2-1-3-5-6/h2,4,6H,1,3,5H2. The van der Waals surface area contributed by atoms with Crippen molar-refractivity contribution in [1.82, 2.24) is 0 Å². The van der Waals surface area contributed by atoms with Gasteiger partial charge in [-0.1, -0.05) is 34.7 Å². The molecular weight excluding hydrogens is 199 g/mol. The van der Waals surface area contributed by atoms with Crippen molar-refractivity contribution in [1.29, 1.82) is 0 Å². The Morgan fingerprint density at radius 3 is 2.71 bits per heavy atom. The van der Waals surface area contributed by atoms with Crippen molar-refractivity contribution in [3.05, 3.63) is 12.2 Å². The first-order valence-corrected chi connectivity index (χ1v) is 3.95. The zero-order valence-corrected chi connectivity index (χ0v) is 6.39. The molecule has 1 heteroatoms. The molecule has 1 atom stereocenters. The van der Waals surface area contributed by atoms with Crippen molar-refractivity contribution >= 4 is 22.6 Å². The van der Waals surface area contributed by atoms with Crippen molar-refractivity contribution in [3.63, 3.8) is 0 Å². The molecule has 0 saturated carbocycles. The van der Waals surface area contributed by atoms with E-state index in [9.17, 15) is 0 Å². The summed E-state index contributed by atoms with van der Waals surface area (Å²) in [6, 6.07) is 0. The molecule has 0 amide bonds. The highest BCUT2D eigenvalue weighted by atomic mass is 127. The Kier molecular flexibility index (Phi) is 2.16. The van der Waals surface area contributed by atoms with Crippen LogP contribution in [0.15, 0.2) is 12.2 Å².